The maximum Gasteiger partial charge on any atom is 0.475 e. The number of sulfonamides is 1. The van der Waals surface area contributed by atoms with Crippen LogP contribution >= 0.6 is 11.6 Å². The molecule has 0 radical (unpaired) electrons. The molecule has 320 valence electrons. The summed E-state index contributed by atoms with van der Waals surface area (Å²) in [4.78, 5) is 22.0. The van der Waals surface area contributed by atoms with Gasteiger partial charge >= 0.3 is 5.51 Å². The maximum absolute atomic E-state index is 13.9. The Balaban J connectivity index is 1.11. The number of amides is 1. The predicted molar refractivity (Wildman–Crippen MR) is 234 cm³/mol. The van der Waals surface area contributed by atoms with E-state index >= 15 is 0 Å². The Morgan fingerprint density at radius 1 is 0.918 bits per heavy atom. The van der Waals surface area contributed by atoms with Crippen molar-refractivity contribution in [1.82, 2.24) is 19.5 Å². The van der Waals surface area contributed by atoms with Crippen molar-refractivity contribution in [1.29, 1.82) is 0 Å². The number of carbonyl (C=O) groups is 1. The first-order valence-electron chi connectivity index (χ1n) is 19.4. The van der Waals surface area contributed by atoms with E-state index in [0.717, 1.165) is 59.5 Å². The lowest BCUT2D eigenvalue weighted by Crippen LogP contribution is -2.46. The first kappa shape index (κ1) is 43.7. The molecule has 61 heavy (non-hydrogen) atoms. The number of anilines is 2. The van der Waals surface area contributed by atoms with E-state index in [1.54, 1.807) is 30.5 Å². The van der Waals surface area contributed by atoms with Gasteiger partial charge in [0.05, 0.1) is 21.0 Å². The van der Waals surface area contributed by atoms with Gasteiger partial charge in [0.2, 0.25) is 0 Å². The van der Waals surface area contributed by atoms with E-state index in [2.05, 4.69) is 32.2 Å². The van der Waals surface area contributed by atoms with Crippen LogP contribution in [0, 0.1) is 0 Å². The Morgan fingerprint density at radius 2 is 1.67 bits per heavy atom. The van der Waals surface area contributed by atoms with E-state index in [1.807, 2.05) is 72.2 Å². The van der Waals surface area contributed by atoms with Crippen LogP contribution in [0.25, 0.3) is 22.0 Å². The number of nitrogens with one attached hydrogen (secondary N) is 3. The van der Waals surface area contributed by atoms with Crippen LogP contribution in [0.5, 0.6) is 11.5 Å². The molecular formula is C44H44ClF3N6O5S2. The van der Waals surface area contributed by atoms with E-state index in [9.17, 15) is 30.6 Å². The van der Waals surface area contributed by atoms with Gasteiger partial charge in [-0.2, -0.15) is 13.2 Å². The maximum atomic E-state index is 13.9. The molecule has 0 bridgehead atoms. The van der Waals surface area contributed by atoms with Crippen LogP contribution in [-0.4, -0.2) is 92.2 Å². The molecule has 0 aliphatic carbocycles. The molecule has 3 N–H and O–H groups in total. The van der Waals surface area contributed by atoms with Crippen LogP contribution < -0.4 is 19.7 Å². The van der Waals surface area contributed by atoms with Gasteiger partial charge in [-0.05, 0) is 110 Å². The summed E-state index contributed by atoms with van der Waals surface area (Å²) >= 11 is 6.14. The fourth-order valence-corrected chi connectivity index (χ4v) is 9.14. The standard InChI is InChI=1S/C44H44ClF3N6O5S2/c1-52(2)21-5-19-49-40-17-14-36(28-42(40)60(56)44(46,47)48)61(57,58)51-43(55)38-15-12-34(27-41(38)59-35-13-16-39-31(26-35)18-20-50-39)54-24-22-53(23-25-54)29-32-6-3-4-7-37(32)30-8-10-33(45)11-9-30/h3-4,6-18,20,26-28,49-50H,5,19,21-25,29H2,1-2H3,(H,51,55). The van der Waals surface area contributed by atoms with Gasteiger partial charge in [-0.3, -0.25) is 9.69 Å². The van der Waals surface area contributed by atoms with Crippen LogP contribution in [0.2, 0.25) is 5.02 Å². The highest BCUT2D eigenvalue weighted by Crippen LogP contribution is 2.35. The average Bonchev–Trinajstić information content (AvgIpc) is 3.70. The summed E-state index contributed by atoms with van der Waals surface area (Å²) in [6.07, 6.45) is 2.33. The number of H-pyrrole nitrogens is 1. The molecule has 6 aromatic rings. The molecule has 1 atom stereocenters. The number of nitrogens with zero attached hydrogens (tertiary/aromatic N) is 3. The quantitative estimate of drug-likeness (QED) is 0.0869. The topological polar surface area (TPSA) is 127 Å². The minimum Gasteiger partial charge on any atom is -0.456 e. The molecule has 1 saturated heterocycles. The number of alkyl halides is 3. The lowest BCUT2D eigenvalue weighted by Gasteiger charge is -2.36. The van der Waals surface area contributed by atoms with Crippen molar-refractivity contribution < 1.29 is 35.3 Å². The number of carbonyl (C=O) groups excluding carboxylic acids is 1. The second kappa shape index (κ2) is 18.7. The Hall–Kier alpha value is -5.39. The Morgan fingerprint density at radius 3 is 2.41 bits per heavy atom. The minimum absolute atomic E-state index is 0.0653. The van der Waals surface area contributed by atoms with Crippen LogP contribution in [0.3, 0.4) is 0 Å². The van der Waals surface area contributed by atoms with Crippen molar-refractivity contribution in [2.45, 2.75) is 28.3 Å². The molecule has 1 aromatic heterocycles. The number of fused-ring (bicyclic) bond motifs is 1. The van der Waals surface area contributed by atoms with E-state index in [1.165, 1.54) is 11.6 Å². The van der Waals surface area contributed by atoms with Gasteiger partial charge in [0.1, 0.15) is 11.5 Å². The van der Waals surface area contributed by atoms with Crippen molar-refractivity contribution >= 4 is 60.6 Å². The molecule has 11 nitrogen and oxygen atoms in total. The van der Waals surface area contributed by atoms with Gasteiger partial charge in [-0.15, -0.1) is 0 Å². The number of benzene rings is 5. The minimum atomic E-state index is -5.17. The third kappa shape index (κ3) is 10.7. The number of rotatable bonds is 15. The summed E-state index contributed by atoms with van der Waals surface area (Å²) in [5, 5.41) is 4.35. The number of hydrogen-bond acceptors (Lipinski definition) is 9. The van der Waals surface area contributed by atoms with Crippen LogP contribution in [0.1, 0.15) is 22.3 Å². The monoisotopic (exact) mass is 892 g/mol. The normalized spacial score (nSPS) is 14.3. The Bertz CT molecular complexity index is 2650. The van der Waals surface area contributed by atoms with Crippen molar-refractivity contribution in [2.24, 2.45) is 0 Å². The number of piperazine rings is 1. The largest absolute Gasteiger partial charge is 0.475 e. The summed E-state index contributed by atoms with van der Waals surface area (Å²) < 4.78 is 89.4. The number of hydrogen-bond donors (Lipinski definition) is 3. The Kier molecular flexibility index (Phi) is 13.4. The zero-order valence-electron chi connectivity index (χ0n) is 33.3. The highest BCUT2D eigenvalue weighted by molar-refractivity contribution is 7.90. The first-order valence-corrected chi connectivity index (χ1v) is 22.4. The van der Waals surface area contributed by atoms with Crippen LogP contribution in [0.4, 0.5) is 24.5 Å². The second-order valence-corrected chi connectivity index (χ2v) is 18.4. The molecule has 5 aromatic carbocycles. The molecule has 1 fully saturated rings. The van der Waals surface area contributed by atoms with Crippen LogP contribution in [-0.2, 0) is 27.4 Å². The van der Waals surface area contributed by atoms with E-state index in [4.69, 9.17) is 16.3 Å². The highest BCUT2D eigenvalue weighted by Gasteiger charge is 2.40. The Labute approximate surface area is 360 Å². The lowest BCUT2D eigenvalue weighted by atomic mass is 9.99. The molecule has 0 spiro atoms. The number of halogens is 4. The van der Waals surface area contributed by atoms with Crippen molar-refractivity contribution in [3.05, 3.63) is 132 Å². The van der Waals surface area contributed by atoms with Crippen molar-refractivity contribution in [3.8, 4) is 22.6 Å². The summed E-state index contributed by atoms with van der Waals surface area (Å²) in [6, 6.07) is 30.9. The van der Waals surface area contributed by atoms with Gasteiger partial charge in [0.25, 0.3) is 15.9 Å². The van der Waals surface area contributed by atoms with Crippen LogP contribution in [0.15, 0.2) is 125 Å². The number of ether oxygens (including phenoxy) is 1. The summed E-state index contributed by atoms with van der Waals surface area (Å²) in [6.45, 7) is 4.39. The number of aromatic nitrogens is 1. The summed E-state index contributed by atoms with van der Waals surface area (Å²) in [7, 11) is -4.65. The zero-order valence-corrected chi connectivity index (χ0v) is 35.7. The third-order valence-corrected chi connectivity index (χ3v) is 13.0. The highest BCUT2D eigenvalue weighted by atomic mass is 35.5. The molecule has 0 saturated carbocycles. The lowest BCUT2D eigenvalue weighted by molar-refractivity contribution is -0.0384. The van der Waals surface area contributed by atoms with Crippen molar-refractivity contribution in [2.75, 3.05) is 63.6 Å². The molecule has 1 amide bonds. The third-order valence-electron chi connectivity index (χ3n) is 10.3. The first-order chi connectivity index (χ1) is 29.1. The van der Waals surface area contributed by atoms with E-state index in [-0.39, 0.29) is 23.5 Å². The molecule has 7 rings (SSSR count). The van der Waals surface area contributed by atoms with E-state index < -0.39 is 42.0 Å². The van der Waals surface area contributed by atoms with Crippen molar-refractivity contribution in [3.63, 3.8) is 0 Å². The average molecular weight is 893 g/mol. The van der Waals surface area contributed by atoms with Gasteiger partial charge in [0, 0.05) is 73.1 Å². The van der Waals surface area contributed by atoms with Gasteiger partial charge in [-0.1, -0.05) is 48.0 Å². The molecule has 1 unspecified atom stereocenters. The SMILES string of the molecule is CN(C)CCCNc1ccc(S(=O)(=O)NC(=O)c2ccc(N3CCN(Cc4ccccc4-c4ccc(Cl)cc4)CC3)cc2Oc2ccc3[nH]ccc3c2)cc1S(=O)C(F)(F)F. The molecule has 17 heteroatoms. The van der Waals surface area contributed by atoms with E-state index in [0.29, 0.717) is 42.9 Å². The van der Waals surface area contributed by atoms with Gasteiger partial charge in [-0.25, -0.2) is 17.3 Å². The van der Waals surface area contributed by atoms with Gasteiger partial charge < -0.3 is 24.8 Å². The molecule has 1 aliphatic rings. The summed E-state index contributed by atoms with van der Waals surface area (Å²) in [5.41, 5.74) is -0.421. The fourth-order valence-electron chi connectivity index (χ4n) is 7.12. The molecule has 1 aliphatic heterocycles. The molecular weight excluding hydrogens is 849 g/mol. The summed E-state index contributed by atoms with van der Waals surface area (Å²) in [5.74, 6) is -0.619. The predicted octanol–water partition coefficient (Wildman–Crippen LogP) is 8.71. The number of aromatic amines is 1. The zero-order chi connectivity index (χ0) is 43.3. The van der Waals surface area contributed by atoms with Gasteiger partial charge in [0.15, 0.2) is 10.8 Å². The molecule has 2 heterocycles. The fraction of sp³-hybridized carbons (Fsp3) is 0.250. The second-order valence-electron chi connectivity index (χ2n) is 14.8. The smallest absolute Gasteiger partial charge is 0.456 e.